The molecule has 1 aromatic rings. The van der Waals surface area contributed by atoms with Gasteiger partial charge in [0.25, 0.3) is 0 Å². The van der Waals surface area contributed by atoms with Crippen LogP contribution in [0.25, 0.3) is 0 Å². The summed E-state index contributed by atoms with van der Waals surface area (Å²) in [6.07, 6.45) is 0.412. The highest BCUT2D eigenvalue weighted by molar-refractivity contribution is 5.91. The van der Waals surface area contributed by atoms with E-state index in [9.17, 15) is 14.4 Å². The number of nitrogens with two attached hydrogens (primary N) is 1. The molecule has 0 bridgehead atoms. The van der Waals surface area contributed by atoms with E-state index in [1.807, 2.05) is 0 Å². The maximum Gasteiger partial charge on any atom is 0.322 e. The van der Waals surface area contributed by atoms with E-state index in [4.69, 9.17) is 10.8 Å². The van der Waals surface area contributed by atoms with Gasteiger partial charge in [-0.1, -0.05) is 12.1 Å². The van der Waals surface area contributed by atoms with Crippen LogP contribution in [0, 0.1) is 0 Å². The maximum absolute atomic E-state index is 11.7. The molecule has 4 N–H and O–H groups in total. The average Bonchev–Trinajstić information content (AvgIpc) is 2.36. The van der Waals surface area contributed by atoms with Gasteiger partial charge in [-0.3, -0.25) is 9.59 Å². The first kappa shape index (κ1) is 15.5. The van der Waals surface area contributed by atoms with Gasteiger partial charge in [0.1, 0.15) is 6.54 Å². The summed E-state index contributed by atoms with van der Waals surface area (Å²) in [5.74, 6) is -1.47. The fourth-order valence-electron chi connectivity index (χ4n) is 1.58. The van der Waals surface area contributed by atoms with E-state index >= 15 is 0 Å². The zero-order valence-electron chi connectivity index (χ0n) is 11.1. The number of hydrogen-bond donors (Lipinski definition) is 3. The van der Waals surface area contributed by atoms with Crippen LogP contribution in [-0.2, 0) is 16.0 Å². The van der Waals surface area contributed by atoms with E-state index in [1.54, 1.807) is 24.3 Å². The summed E-state index contributed by atoms with van der Waals surface area (Å²) in [4.78, 5) is 34.1. The Labute approximate surface area is 116 Å². The normalized spacial score (nSPS) is 9.85. The van der Waals surface area contributed by atoms with Gasteiger partial charge in [0.05, 0.1) is 0 Å². The first-order valence-electron chi connectivity index (χ1n) is 5.99. The van der Waals surface area contributed by atoms with E-state index in [1.165, 1.54) is 7.05 Å². The van der Waals surface area contributed by atoms with E-state index in [0.29, 0.717) is 12.1 Å². The molecule has 108 valence electrons. The third kappa shape index (κ3) is 5.38. The molecule has 1 rings (SSSR count). The van der Waals surface area contributed by atoms with Crippen LogP contribution < -0.4 is 11.1 Å². The van der Waals surface area contributed by atoms with Gasteiger partial charge in [0.2, 0.25) is 5.91 Å². The summed E-state index contributed by atoms with van der Waals surface area (Å²) < 4.78 is 0. The number of hydrogen-bond acceptors (Lipinski definition) is 3. The number of carbonyl (C=O) groups is 3. The van der Waals surface area contributed by atoms with E-state index in [-0.39, 0.29) is 13.0 Å². The molecule has 1 aromatic carbocycles. The van der Waals surface area contributed by atoms with Gasteiger partial charge in [0, 0.05) is 19.2 Å². The molecule has 0 unspecified atom stereocenters. The fourth-order valence-corrected chi connectivity index (χ4v) is 1.58. The molecule has 3 amide bonds. The van der Waals surface area contributed by atoms with E-state index in [2.05, 4.69) is 5.32 Å². The van der Waals surface area contributed by atoms with Gasteiger partial charge in [-0.2, -0.15) is 0 Å². The van der Waals surface area contributed by atoms with Crippen molar-refractivity contribution in [1.29, 1.82) is 0 Å². The first-order valence-corrected chi connectivity index (χ1v) is 5.99. The number of carbonyl (C=O) groups excluding carboxylic acids is 2. The smallest absolute Gasteiger partial charge is 0.322 e. The molecule has 0 heterocycles. The number of aryl methyl sites for hydroxylation is 1. The lowest BCUT2D eigenvalue weighted by Gasteiger charge is -2.16. The summed E-state index contributed by atoms with van der Waals surface area (Å²) in [5, 5.41) is 11.2. The lowest BCUT2D eigenvalue weighted by atomic mass is 10.1. The molecule has 0 saturated carbocycles. The van der Waals surface area contributed by atoms with Crippen LogP contribution in [0.15, 0.2) is 24.3 Å². The van der Waals surface area contributed by atoms with E-state index < -0.39 is 17.9 Å². The van der Waals surface area contributed by atoms with Gasteiger partial charge >= 0.3 is 12.0 Å². The quantitative estimate of drug-likeness (QED) is 0.709. The number of aliphatic carboxylic acids is 1. The molecule has 0 spiro atoms. The van der Waals surface area contributed by atoms with Crippen LogP contribution in [0.2, 0.25) is 0 Å². The van der Waals surface area contributed by atoms with Crippen LogP contribution in [0.1, 0.15) is 12.0 Å². The first-order chi connectivity index (χ1) is 9.38. The Balaban J connectivity index is 2.63. The van der Waals surface area contributed by atoms with Crippen molar-refractivity contribution in [2.45, 2.75) is 12.8 Å². The third-order valence-corrected chi connectivity index (χ3v) is 2.55. The Bertz CT molecular complexity index is 516. The van der Waals surface area contributed by atoms with Crippen LogP contribution in [0.4, 0.5) is 10.5 Å². The number of anilines is 1. The molecule has 0 aromatic heterocycles. The van der Waals surface area contributed by atoms with Gasteiger partial charge in [-0.25, -0.2) is 4.79 Å². The molecule has 0 aliphatic heterocycles. The lowest BCUT2D eigenvalue weighted by molar-refractivity contribution is -0.137. The van der Waals surface area contributed by atoms with Crippen molar-refractivity contribution in [1.82, 2.24) is 4.90 Å². The molecule has 0 fully saturated rings. The van der Waals surface area contributed by atoms with Crippen molar-refractivity contribution in [3.8, 4) is 0 Å². The molecule has 0 saturated heterocycles. The number of nitrogens with zero attached hydrogens (tertiary/aromatic N) is 1. The largest absolute Gasteiger partial charge is 0.481 e. The number of rotatable bonds is 6. The summed E-state index contributed by atoms with van der Waals surface area (Å²) in [7, 11) is 1.45. The van der Waals surface area contributed by atoms with Crippen LogP contribution in [-0.4, -0.2) is 41.5 Å². The Morgan fingerprint density at radius 2 is 2.05 bits per heavy atom. The van der Waals surface area contributed by atoms with Crippen molar-refractivity contribution in [2.75, 3.05) is 18.9 Å². The van der Waals surface area contributed by atoms with Gasteiger partial charge in [0.15, 0.2) is 0 Å². The molecule has 0 aliphatic carbocycles. The van der Waals surface area contributed by atoms with Crippen molar-refractivity contribution in [3.05, 3.63) is 29.8 Å². The Morgan fingerprint density at radius 1 is 1.35 bits per heavy atom. The number of nitrogens with one attached hydrogen (secondary N) is 1. The van der Waals surface area contributed by atoms with Gasteiger partial charge in [-0.15, -0.1) is 0 Å². The Hall–Kier alpha value is -2.57. The minimum atomic E-state index is -0.874. The summed E-state index contributed by atoms with van der Waals surface area (Å²) in [5.41, 5.74) is 6.34. The topological polar surface area (TPSA) is 113 Å². The summed E-state index contributed by atoms with van der Waals surface area (Å²) in [6, 6.07) is 6.42. The van der Waals surface area contributed by atoms with E-state index in [0.717, 1.165) is 10.5 Å². The highest BCUT2D eigenvalue weighted by Gasteiger charge is 2.11. The molecule has 0 aliphatic rings. The minimum absolute atomic E-state index is 0.0268. The molecule has 0 radical (unpaired) electrons. The fraction of sp³-hybridized carbons (Fsp3) is 0.308. The monoisotopic (exact) mass is 279 g/mol. The standard InChI is InChI=1S/C13H17N3O4/c1-16(8-11(14)17)13(20)15-10-4-2-3-9(7-10)5-6-12(18)19/h2-4,7H,5-6,8H2,1H3,(H2,14,17)(H,15,20)(H,18,19). The van der Waals surface area contributed by atoms with Crippen LogP contribution in [0.3, 0.4) is 0 Å². The Morgan fingerprint density at radius 3 is 2.65 bits per heavy atom. The number of carboxylic acid groups (broad SMARTS) is 1. The highest BCUT2D eigenvalue weighted by Crippen LogP contribution is 2.12. The second kappa shape index (κ2) is 7.13. The molecule has 7 heteroatoms. The lowest BCUT2D eigenvalue weighted by Crippen LogP contribution is -2.38. The van der Waals surface area contributed by atoms with Crippen molar-refractivity contribution >= 4 is 23.6 Å². The number of likely N-dealkylation sites (N-methyl/N-ethyl adjacent to an activating group) is 1. The molecule has 20 heavy (non-hydrogen) atoms. The SMILES string of the molecule is CN(CC(N)=O)C(=O)Nc1cccc(CCC(=O)O)c1. The minimum Gasteiger partial charge on any atom is -0.481 e. The second-order valence-corrected chi connectivity index (χ2v) is 4.35. The molecule has 0 atom stereocenters. The number of primary amides is 1. The summed E-state index contributed by atoms with van der Waals surface area (Å²) >= 11 is 0. The zero-order chi connectivity index (χ0) is 15.1. The number of benzene rings is 1. The maximum atomic E-state index is 11.7. The van der Waals surface area contributed by atoms with Crippen molar-refractivity contribution in [3.63, 3.8) is 0 Å². The predicted octanol–water partition coefficient (Wildman–Crippen LogP) is 0.653. The molecule has 7 nitrogen and oxygen atoms in total. The summed E-state index contributed by atoms with van der Waals surface area (Å²) in [6.45, 7) is -0.176. The predicted molar refractivity (Wildman–Crippen MR) is 73.2 cm³/mol. The Kier molecular flexibility index (Phi) is 5.52. The van der Waals surface area contributed by atoms with Crippen LogP contribution >= 0.6 is 0 Å². The molecular formula is C13H17N3O4. The average molecular weight is 279 g/mol. The van der Waals surface area contributed by atoms with Crippen LogP contribution in [0.5, 0.6) is 0 Å². The van der Waals surface area contributed by atoms with Gasteiger partial charge in [-0.05, 0) is 24.1 Å². The number of amides is 3. The third-order valence-electron chi connectivity index (χ3n) is 2.55. The number of urea groups is 1. The highest BCUT2D eigenvalue weighted by atomic mass is 16.4. The van der Waals surface area contributed by atoms with Crippen molar-refractivity contribution < 1.29 is 19.5 Å². The zero-order valence-corrected chi connectivity index (χ0v) is 11.1. The van der Waals surface area contributed by atoms with Crippen molar-refractivity contribution in [2.24, 2.45) is 5.73 Å². The number of carboxylic acids is 1. The molecular weight excluding hydrogens is 262 g/mol. The second-order valence-electron chi connectivity index (χ2n) is 4.35. The van der Waals surface area contributed by atoms with Gasteiger partial charge < -0.3 is 21.1 Å².